The normalized spacial score (nSPS) is 14.6. The van der Waals surface area contributed by atoms with Crippen LogP contribution in [-0.2, 0) is 14.3 Å². The van der Waals surface area contributed by atoms with E-state index in [0.717, 1.165) is 24.0 Å². The molecule has 0 radical (unpaired) electrons. The molecule has 1 saturated heterocycles. The van der Waals surface area contributed by atoms with Crippen LogP contribution in [0.15, 0.2) is 48.5 Å². The van der Waals surface area contributed by atoms with Crippen molar-refractivity contribution in [2.75, 3.05) is 18.1 Å². The highest BCUT2D eigenvalue weighted by Gasteiger charge is 2.26. The maximum atomic E-state index is 12.6. The zero-order chi connectivity index (χ0) is 20.8. The zero-order valence-corrected chi connectivity index (χ0v) is 16.8. The van der Waals surface area contributed by atoms with E-state index in [1.807, 2.05) is 38.1 Å². The molecule has 2 aromatic rings. The molecular weight excluding hydrogens is 368 g/mol. The zero-order valence-electron chi connectivity index (χ0n) is 16.8. The molecule has 2 amide bonds. The number of nitrogens with zero attached hydrogens (tertiary/aromatic N) is 1. The molecular formula is C23H26N2O4. The number of hydrogen-bond donors (Lipinski definition) is 1. The minimum Gasteiger partial charge on any atom is -0.452 e. The number of benzene rings is 2. The number of nitrogens with one attached hydrogen (secondary N) is 1. The van der Waals surface area contributed by atoms with Gasteiger partial charge in [-0.1, -0.05) is 48.9 Å². The van der Waals surface area contributed by atoms with E-state index in [0.29, 0.717) is 24.2 Å². The number of para-hydroxylation sites is 1. The second-order valence-electron chi connectivity index (χ2n) is 7.18. The molecule has 1 aliphatic heterocycles. The molecule has 0 bridgehead atoms. The fraction of sp³-hybridized carbons (Fsp3) is 0.348. The summed E-state index contributed by atoms with van der Waals surface area (Å²) in [5.74, 6) is -0.980. The first-order valence-electron chi connectivity index (χ1n) is 9.92. The Labute approximate surface area is 170 Å². The number of esters is 1. The van der Waals surface area contributed by atoms with Crippen molar-refractivity contribution in [2.24, 2.45) is 0 Å². The van der Waals surface area contributed by atoms with E-state index in [9.17, 15) is 14.4 Å². The van der Waals surface area contributed by atoms with Crippen LogP contribution in [0, 0.1) is 6.92 Å². The third-order valence-corrected chi connectivity index (χ3v) is 5.05. The minimum atomic E-state index is -0.612. The van der Waals surface area contributed by atoms with Gasteiger partial charge in [0, 0.05) is 13.0 Å². The lowest BCUT2D eigenvalue weighted by Crippen LogP contribution is -2.32. The van der Waals surface area contributed by atoms with Gasteiger partial charge in [-0.25, -0.2) is 4.79 Å². The third-order valence-electron chi connectivity index (χ3n) is 5.05. The summed E-state index contributed by atoms with van der Waals surface area (Å²) in [5, 5.41) is 2.91. The van der Waals surface area contributed by atoms with Gasteiger partial charge < -0.3 is 15.0 Å². The van der Waals surface area contributed by atoms with E-state index in [1.165, 1.54) is 0 Å². The average molecular weight is 394 g/mol. The molecule has 3 rings (SSSR count). The van der Waals surface area contributed by atoms with Crippen molar-refractivity contribution in [3.8, 4) is 0 Å². The molecule has 1 heterocycles. The molecule has 152 valence electrons. The van der Waals surface area contributed by atoms with Crippen LogP contribution in [0.25, 0.3) is 0 Å². The summed E-state index contributed by atoms with van der Waals surface area (Å²) >= 11 is 0. The predicted molar refractivity (Wildman–Crippen MR) is 111 cm³/mol. The Morgan fingerprint density at radius 1 is 1.14 bits per heavy atom. The van der Waals surface area contributed by atoms with Crippen LogP contribution < -0.4 is 10.2 Å². The molecule has 0 aliphatic carbocycles. The van der Waals surface area contributed by atoms with E-state index >= 15 is 0 Å². The summed E-state index contributed by atoms with van der Waals surface area (Å²) in [6.07, 6.45) is 1.97. The number of carbonyl (C=O) groups excluding carboxylic acids is 3. The van der Waals surface area contributed by atoms with Crippen molar-refractivity contribution >= 4 is 23.5 Å². The lowest BCUT2D eigenvalue weighted by Gasteiger charge is -2.19. The molecule has 6 nitrogen and oxygen atoms in total. The molecule has 0 unspecified atom stereocenters. The Bertz CT molecular complexity index is 892. The molecule has 1 N–H and O–H groups in total. The van der Waals surface area contributed by atoms with Gasteiger partial charge in [-0.3, -0.25) is 9.59 Å². The van der Waals surface area contributed by atoms with Crippen LogP contribution in [0.3, 0.4) is 0 Å². The number of amides is 2. The van der Waals surface area contributed by atoms with Crippen molar-refractivity contribution in [1.82, 2.24) is 5.32 Å². The van der Waals surface area contributed by atoms with Gasteiger partial charge in [0.15, 0.2) is 6.61 Å². The number of hydrogen-bond acceptors (Lipinski definition) is 4. The van der Waals surface area contributed by atoms with Crippen LogP contribution in [-0.4, -0.2) is 30.9 Å². The van der Waals surface area contributed by atoms with Gasteiger partial charge in [0.05, 0.1) is 17.3 Å². The number of rotatable bonds is 7. The number of carbonyl (C=O) groups is 3. The number of anilines is 1. The molecule has 1 atom stereocenters. The van der Waals surface area contributed by atoms with Gasteiger partial charge in [-0.2, -0.15) is 0 Å². The molecule has 0 spiro atoms. The Kier molecular flexibility index (Phi) is 6.65. The summed E-state index contributed by atoms with van der Waals surface area (Å²) in [6.45, 7) is 4.21. The van der Waals surface area contributed by atoms with Crippen molar-refractivity contribution in [1.29, 1.82) is 0 Å². The summed E-state index contributed by atoms with van der Waals surface area (Å²) in [6, 6.07) is 14.7. The average Bonchev–Trinajstić information content (AvgIpc) is 3.16. The smallest absolute Gasteiger partial charge is 0.340 e. The Hall–Kier alpha value is -3.15. The van der Waals surface area contributed by atoms with E-state index in [2.05, 4.69) is 5.32 Å². The van der Waals surface area contributed by atoms with E-state index in [-0.39, 0.29) is 24.5 Å². The number of aryl methyl sites for hydroxylation is 1. The Morgan fingerprint density at radius 2 is 1.86 bits per heavy atom. The topological polar surface area (TPSA) is 75.7 Å². The highest BCUT2D eigenvalue weighted by Crippen LogP contribution is 2.26. The second-order valence-corrected chi connectivity index (χ2v) is 7.18. The van der Waals surface area contributed by atoms with E-state index < -0.39 is 5.97 Å². The van der Waals surface area contributed by atoms with Crippen LogP contribution in [0.4, 0.5) is 5.69 Å². The minimum absolute atomic E-state index is 0.00752. The standard InChI is InChI=1S/C23H26N2O4/c1-3-19(17-12-10-16(2)11-13-17)24-21(26)15-29-23(28)18-7-4-5-8-20(18)25-14-6-9-22(25)27/h4-5,7-8,10-13,19H,3,6,9,14-15H2,1-2H3,(H,24,26)/t19-/m0/s1. The molecule has 1 aliphatic rings. The summed E-state index contributed by atoms with van der Waals surface area (Å²) < 4.78 is 5.24. The first-order valence-corrected chi connectivity index (χ1v) is 9.92. The van der Waals surface area contributed by atoms with Gasteiger partial charge in [0.2, 0.25) is 5.91 Å². The van der Waals surface area contributed by atoms with Crippen molar-refractivity contribution in [3.63, 3.8) is 0 Å². The van der Waals surface area contributed by atoms with Gasteiger partial charge >= 0.3 is 5.97 Å². The Morgan fingerprint density at radius 3 is 2.52 bits per heavy atom. The SMILES string of the molecule is CC[C@H](NC(=O)COC(=O)c1ccccc1N1CCCC1=O)c1ccc(C)cc1. The van der Waals surface area contributed by atoms with Gasteiger partial charge in [0.25, 0.3) is 5.91 Å². The fourth-order valence-corrected chi connectivity index (χ4v) is 3.45. The van der Waals surface area contributed by atoms with Gasteiger partial charge in [-0.05, 0) is 37.5 Å². The van der Waals surface area contributed by atoms with Crippen molar-refractivity contribution in [2.45, 2.75) is 39.2 Å². The van der Waals surface area contributed by atoms with Gasteiger partial charge in [-0.15, -0.1) is 0 Å². The Balaban J connectivity index is 1.61. The molecule has 0 aromatic heterocycles. The highest BCUT2D eigenvalue weighted by atomic mass is 16.5. The van der Waals surface area contributed by atoms with Crippen molar-refractivity contribution < 1.29 is 19.1 Å². The van der Waals surface area contributed by atoms with Crippen LogP contribution in [0.1, 0.15) is 53.7 Å². The quantitative estimate of drug-likeness (QED) is 0.729. The summed E-state index contributed by atoms with van der Waals surface area (Å²) in [7, 11) is 0. The van der Waals surface area contributed by atoms with E-state index in [1.54, 1.807) is 29.2 Å². The van der Waals surface area contributed by atoms with E-state index in [4.69, 9.17) is 4.74 Å². The highest BCUT2D eigenvalue weighted by molar-refractivity contribution is 6.03. The predicted octanol–water partition coefficient (Wildman–Crippen LogP) is 3.55. The lowest BCUT2D eigenvalue weighted by atomic mass is 10.0. The first kappa shape index (κ1) is 20.6. The number of ether oxygens (including phenoxy) is 1. The summed E-state index contributed by atoms with van der Waals surface area (Å²) in [5.41, 5.74) is 2.99. The second kappa shape index (κ2) is 9.37. The van der Waals surface area contributed by atoms with Crippen molar-refractivity contribution in [3.05, 3.63) is 65.2 Å². The van der Waals surface area contributed by atoms with Crippen LogP contribution in [0.5, 0.6) is 0 Å². The van der Waals surface area contributed by atoms with Gasteiger partial charge in [0.1, 0.15) is 0 Å². The maximum Gasteiger partial charge on any atom is 0.340 e. The third kappa shape index (κ3) is 5.02. The van der Waals surface area contributed by atoms with Crippen LogP contribution in [0.2, 0.25) is 0 Å². The fourth-order valence-electron chi connectivity index (χ4n) is 3.45. The monoisotopic (exact) mass is 394 g/mol. The first-order chi connectivity index (χ1) is 14.0. The maximum absolute atomic E-state index is 12.6. The summed E-state index contributed by atoms with van der Waals surface area (Å²) in [4.78, 5) is 38.5. The molecule has 0 saturated carbocycles. The molecule has 2 aromatic carbocycles. The lowest BCUT2D eigenvalue weighted by molar-refractivity contribution is -0.125. The largest absolute Gasteiger partial charge is 0.452 e. The van der Waals surface area contributed by atoms with Crippen LogP contribution >= 0.6 is 0 Å². The molecule has 6 heteroatoms. The molecule has 29 heavy (non-hydrogen) atoms. The molecule has 1 fully saturated rings.